The third-order valence-electron chi connectivity index (χ3n) is 4.82. The maximum absolute atomic E-state index is 13.9. The smallest absolute Gasteiger partial charge is 0.178 e. The maximum Gasteiger partial charge on any atom is 0.178 e. The first-order valence-corrected chi connectivity index (χ1v) is 11.0. The number of halogens is 3. The van der Waals surface area contributed by atoms with Gasteiger partial charge in [0.2, 0.25) is 0 Å². The molecule has 0 amide bonds. The van der Waals surface area contributed by atoms with Gasteiger partial charge in [0.1, 0.15) is 5.75 Å². The fourth-order valence-electron chi connectivity index (χ4n) is 3.30. The molecular formula is C20H21ClF2O3S. The summed E-state index contributed by atoms with van der Waals surface area (Å²) in [6.45, 7) is 0.473. The Morgan fingerprint density at radius 3 is 2.52 bits per heavy atom. The van der Waals surface area contributed by atoms with Crippen LogP contribution in [0.25, 0.3) is 0 Å². The van der Waals surface area contributed by atoms with E-state index in [9.17, 15) is 17.2 Å². The van der Waals surface area contributed by atoms with E-state index in [1.807, 2.05) is 0 Å². The van der Waals surface area contributed by atoms with Gasteiger partial charge >= 0.3 is 0 Å². The lowest BCUT2D eigenvalue weighted by Gasteiger charge is -2.25. The zero-order valence-corrected chi connectivity index (χ0v) is 16.3. The summed E-state index contributed by atoms with van der Waals surface area (Å²) < 4.78 is 57.3. The summed E-state index contributed by atoms with van der Waals surface area (Å²) in [6.07, 6.45) is 3.36. The van der Waals surface area contributed by atoms with Crippen molar-refractivity contribution in [1.82, 2.24) is 0 Å². The molecule has 2 aromatic carbocycles. The van der Waals surface area contributed by atoms with Gasteiger partial charge < -0.3 is 4.74 Å². The highest BCUT2D eigenvalue weighted by molar-refractivity contribution is 7.91. The summed E-state index contributed by atoms with van der Waals surface area (Å²) in [5.41, 5.74) is 0.302. The van der Waals surface area contributed by atoms with Gasteiger partial charge in [-0.2, -0.15) is 0 Å². The van der Waals surface area contributed by atoms with Crippen LogP contribution in [0, 0.1) is 17.6 Å². The van der Waals surface area contributed by atoms with E-state index in [2.05, 4.69) is 0 Å². The molecule has 3 nitrogen and oxygen atoms in total. The second kappa shape index (κ2) is 8.57. The average Bonchev–Trinajstić information content (AvgIpc) is 2.65. The standard InChI is InChI=1S/C20H21ClF2O3S/c21-15-5-7-16(8-6-15)27(24,25)11-3-1-2-4-14-12-17-19(26-13-14)10-9-18(22)20(17)23/h5-10,14H,1-4,11-13H2/t14-/m0/s1. The van der Waals surface area contributed by atoms with Crippen molar-refractivity contribution in [2.24, 2.45) is 5.92 Å². The van der Waals surface area contributed by atoms with Crippen molar-refractivity contribution >= 4 is 21.4 Å². The highest BCUT2D eigenvalue weighted by Gasteiger charge is 2.24. The number of rotatable bonds is 7. The summed E-state index contributed by atoms with van der Waals surface area (Å²) in [7, 11) is -3.31. The predicted octanol–water partition coefficient (Wildman–Crippen LogP) is 5.20. The van der Waals surface area contributed by atoms with Crippen molar-refractivity contribution in [2.75, 3.05) is 12.4 Å². The third kappa shape index (κ3) is 4.99. The van der Waals surface area contributed by atoms with E-state index < -0.39 is 21.5 Å². The Morgan fingerprint density at radius 2 is 1.78 bits per heavy atom. The number of sulfone groups is 1. The molecule has 0 saturated carbocycles. The lowest BCUT2D eigenvalue weighted by atomic mass is 9.91. The SMILES string of the molecule is O=S(=O)(CCCCC[C@@H]1COc2ccc(F)c(F)c2C1)c1ccc(Cl)cc1. The summed E-state index contributed by atoms with van der Waals surface area (Å²) >= 11 is 5.78. The third-order valence-corrected chi connectivity index (χ3v) is 6.89. The zero-order valence-electron chi connectivity index (χ0n) is 14.8. The Labute approximate surface area is 163 Å². The fourth-order valence-corrected chi connectivity index (χ4v) is 4.80. The minimum Gasteiger partial charge on any atom is -0.493 e. The van der Waals surface area contributed by atoms with Gasteiger partial charge in [-0.1, -0.05) is 24.4 Å². The Balaban J connectivity index is 1.44. The number of ether oxygens (including phenoxy) is 1. The van der Waals surface area contributed by atoms with Gasteiger partial charge in [-0.05, 0) is 61.6 Å². The number of fused-ring (bicyclic) bond motifs is 1. The van der Waals surface area contributed by atoms with Crippen LogP contribution in [0.15, 0.2) is 41.3 Å². The van der Waals surface area contributed by atoms with Crippen molar-refractivity contribution in [3.63, 3.8) is 0 Å². The first kappa shape index (κ1) is 20.1. The van der Waals surface area contributed by atoms with Crippen molar-refractivity contribution in [3.8, 4) is 5.75 Å². The van der Waals surface area contributed by atoms with Gasteiger partial charge in [0.05, 0.1) is 17.3 Å². The number of hydrogen-bond acceptors (Lipinski definition) is 3. The largest absolute Gasteiger partial charge is 0.493 e. The van der Waals surface area contributed by atoms with Crippen LogP contribution in [0.2, 0.25) is 5.02 Å². The molecule has 0 aliphatic carbocycles. The molecule has 0 radical (unpaired) electrons. The summed E-state index contributed by atoms with van der Waals surface area (Å²) in [5, 5.41) is 0.501. The second-order valence-electron chi connectivity index (χ2n) is 6.84. The highest BCUT2D eigenvalue weighted by atomic mass is 35.5. The molecule has 0 fully saturated rings. The molecule has 1 atom stereocenters. The molecule has 0 bridgehead atoms. The molecule has 0 spiro atoms. The summed E-state index contributed by atoms with van der Waals surface area (Å²) in [6, 6.07) is 8.71. The molecule has 0 N–H and O–H groups in total. The van der Waals surface area contributed by atoms with E-state index in [0.29, 0.717) is 35.8 Å². The van der Waals surface area contributed by atoms with Crippen LogP contribution in [0.3, 0.4) is 0 Å². The lowest BCUT2D eigenvalue weighted by molar-refractivity contribution is 0.206. The van der Waals surface area contributed by atoms with Crippen LogP contribution in [0.4, 0.5) is 8.78 Å². The highest BCUT2D eigenvalue weighted by Crippen LogP contribution is 2.32. The molecule has 146 valence electrons. The van der Waals surface area contributed by atoms with E-state index in [1.165, 1.54) is 18.2 Å². The van der Waals surface area contributed by atoms with Gasteiger partial charge in [-0.3, -0.25) is 0 Å². The van der Waals surface area contributed by atoms with Crippen LogP contribution in [-0.4, -0.2) is 20.8 Å². The lowest BCUT2D eigenvalue weighted by Crippen LogP contribution is -2.22. The monoisotopic (exact) mass is 414 g/mol. The molecule has 0 unspecified atom stereocenters. The van der Waals surface area contributed by atoms with E-state index >= 15 is 0 Å². The van der Waals surface area contributed by atoms with Crippen molar-refractivity contribution < 1.29 is 21.9 Å². The number of hydrogen-bond donors (Lipinski definition) is 0. The minimum atomic E-state index is -3.31. The molecule has 2 aromatic rings. The van der Waals surface area contributed by atoms with E-state index in [-0.39, 0.29) is 16.6 Å². The minimum absolute atomic E-state index is 0.0818. The topological polar surface area (TPSA) is 43.4 Å². The Kier molecular flexibility index (Phi) is 6.37. The van der Waals surface area contributed by atoms with Crippen LogP contribution in [0.5, 0.6) is 5.75 Å². The normalized spacial score (nSPS) is 16.6. The molecular weight excluding hydrogens is 394 g/mol. The van der Waals surface area contributed by atoms with E-state index in [1.54, 1.807) is 12.1 Å². The van der Waals surface area contributed by atoms with E-state index in [4.69, 9.17) is 16.3 Å². The molecule has 0 saturated heterocycles. The molecule has 1 heterocycles. The van der Waals surface area contributed by atoms with Gasteiger partial charge in [-0.15, -0.1) is 0 Å². The fraction of sp³-hybridized carbons (Fsp3) is 0.400. The molecule has 1 aliphatic heterocycles. The van der Waals surface area contributed by atoms with Gasteiger partial charge in [0, 0.05) is 10.6 Å². The number of unbranched alkanes of at least 4 members (excludes halogenated alkanes) is 2. The van der Waals surface area contributed by atoms with Crippen LogP contribution < -0.4 is 4.74 Å². The summed E-state index contributed by atoms with van der Waals surface area (Å²) in [4.78, 5) is 0.279. The van der Waals surface area contributed by atoms with Gasteiger partial charge in [0.25, 0.3) is 0 Å². The van der Waals surface area contributed by atoms with Crippen LogP contribution >= 0.6 is 11.6 Å². The van der Waals surface area contributed by atoms with Crippen molar-refractivity contribution in [1.29, 1.82) is 0 Å². The van der Waals surface area contributed by atoms with E-state index in [0.717, 1.165) is 25.3 Å². The quantitative estimate of drug-likeness (QED) is 0.584. The average molecular weight is 415 g/mol. The van der Waals surface area contributed by atoms with Crippen LogP contribution in [-0.2, 0) is 16.3 Å². The Hall–Kier alpha value is -1.66. The van der Waals surface area contributed by atoms with Crippen molar-refractivity contribution in [2.45, 2.75) is 37.0 Å². The summed E-state index contributed by atoms with van der Waals surface area (Å²) in [5.74, 6) is -1.07. The second-order valence-corrected chi connectivity index (χ2v) is 9.39. The van der Waals surface area contributed by atoms with Gasteiger partial charge in [0.15, 0.2) is 21.5 Å². The zero-order chi connectivity index (χ0) is 19.4. The Morgan fingerprint density at radius 1 is 1.04 bits per heavy atom. The molecule has 3 rings (SSSR count). The van der Waals surface area contributed by atoms with Gasteiger partial charge in [-0.25, -0.2) is 17.2 Å². The first-order chi connectivity index (χ1) is 12.9. The Bertz CT molecular complexity index is 898. The molecule has 7 heteroatoms. The van der Waals surface area contributed by atoms with Crippen LogP contribution in [0.1, 0.15) is 31.2 Å². The maximum atomic E-state index is 13.9. The first-order valence-electron chi connectivity index (χ1n) is 8.95. The molecule has 0 aromatic heterocycles. The molecule has 27 heavy (non-hydrogen) atoms. The number of benzene rings is 2. The molecule has 1 aliphatic rings. The van der Waals surface area contributed by atoms with Crippen molar-refractivity contribution in [3.05, 3.63) is 58.6 Å². The predicted molar refractivity (Wildman–Crippen MR) is 101 cm³/mol.